The summed E-state index contributed by atoms with van der Waals surface area (Å²) in [5.74, 6) is 0. The molecule has 0 radical (unpaired) electrons. The molecule has 19 heavy (non-hydrogen) atoms. The number of nitrogens with zero attached hydrogens (tertiary/aromatic N) is 1. The number of benzene rings is 1. The van der Waals surface area contributed by atoms with Crippen LogP contribution in [0.25, 0.3) is 0 Å². The normalized spacial score (nSPS) is 19.7. The summed E-state index contributed by atoms with van der Waals surface area (Å²) in [4.78, 5) is 2.27. The van der Waals surface area contributed by atoms with Crippen molar-refractivity contribution in [2.75, 3.05) is 24.5 Å². The van der Waals surface area contributed by atoms with Crippen molar-refractivity contribution in [1.82, 2.24) is 5.32 Å². The van der Waals surface area contributed by atoms with Crippen LogP contribution in [0, 0.1) is 0 Å². The van der Waals surface area contributed by atoms with Crippen molar-refractivity contribution < 1.29 is 5.11 Å². The van der Waals surface area contributed by atoms with Crippen molar-refractivity contribution in [3.8, 4) is 0 Å². The maximum absolute atomic E-state index is 9.74. The Morgan fingerprint density at radius 1 is 1.47 bits per heavy atom. The second kappa shape index (κ2) is 7.27. The third-order valence-electron chi connectivity index (χ3n) is 3.54. The first-order chi connectivity index (χ1) is 9.20. The molecule has 106 valence electrons. The summed E-state index contributed by atoms with van der Waals surface area (Å²) >= 11 is 3.65. The van der Waals surface area contributed by atoms with Gasteiger partial charge in [-0.15, -0.1) is 0 Å². The molecule has 0 aliphatic carbocycles. The fourth-order valence-corrected chi connectivity index (χ4v) is 2.97. The van der Waals surface area contributed by atoms with Crippen LogP contribution in [0.2, 0.25) is 0 Å². The van der Waals surface area contributed by atoms with E-state index in [0.717, 1.165) is 49.9 Å². The van der Waals surface area contributed by atoms with E-state index >= 15 is 0 Å². The summed E-state index contributed by atoms with van der Waals surface area (Å²) in [6.07, 6.45) is 2.97. The number of hydrogen-bond acceptors (Lipinski definition) is 3. The molecular weight excluding hydrogens is 304 g/mol. The predicted octanol–water partition coefficient (Wildman–Crippen LogP) is 2.91. The lowest BCUT2D eigenvalue weighted by molar-refractivity contribution is 0.154. The second-order valence-corrected chi connectivity index (χ2v) is 6.05. The maximum Gasteiger partial charge on any atom is 0.0715 e. The largest absolute Gasteiger partial charge is 0.391 e. The van der Waals surface area contributed by atoms with Gasteiger partial charge in [-0.1, -0.05) is 28.9 Å². The molecule has 1 saturated heterocycles. The Morgan fingerprint density at radius 3 is 3.00 bits per heavy atom. The Morgan fingerprint density at radius 2 is 2.32 bits per heavy atom. The molecule has 0 amide bonds. The van der Waals surface area contributed by atoms with E-state index in [1.807, 2.05) is 0 Å². The minimum atomic E-state index is -0.182. The zero-order valence-corrected chi connectivity index (χ0v) is 13.1. The standard InChI is InChI=1S/C15H23BrN2O/c1-2-7-17-10-12-5-6-13(9-15(12)16)18-8-3-4-14(19)11-18/h5-6,9,14,17,19H,2-4,7-8,10-11H2,1H3. The average molecular weight is 327 g/mol. The summed E-state index contributed by atoms with van der Waals surface area (Å²) in [7, 11) is 0. The number of nitrogens with one attached hydrogen (secondary N) is 1. The zero-order valence-electron chi connectivity index (χ0n) is 11.5. The lowest BCUT2D eigenvalue weighted by Crippen LogP contribution is -2.38. The maximum atomic E-state index is 9.74. The molecular formula is C15H23BrN2O. The van der Waals surface area contributed by atoms with Crippen LogP contribution in [0.15, 0.2) is 22.7 Å². The number of β-amino-alcohol motifs (C(OH)–C–C–N with tert-alkyl or cyclic N) is 1. The van der Waals surface area contributed by atoms with Crippen molar-refractivity contribution in [3.63, 3.8) is 0 Å². The smallest absolute Gasteiger partial charge is 0.0715 e. The Balaban J connectivity index is 2.01. The topological polar surface area (TPSA) is 35.5 Å². The van der Waals surface area contributed by atoms with E-state index in [1.54, 1.807) is 0 Å². The SMILES string of the molecule is CCCNCc1ccc(N2CCCC(O)C2)cc1Br. The zero-order chi connectivity index (χ0) is 13.7. The van der Waals surface area contributed by atoms with Gasteiger partial charge in [0.25, 0.3) is 0 Å². The summed E-state index contributed by atoms with van der Waals surface area (Å²) in [6.45, 7) is 5.91. The highest BCUT2D eigenvalue weighted by Gasteiger charge is 2.18. The van der Waals surface area contributed by atoms with Gasteiger partial charge in [-0.3, -0.25) is 0 Å². The van der Waals surface area contributed by atoms with Crippen LogP contribution >= 0.6 is 15.9 Å². The van der Waals surface area contributed by atoms with Crippen molar-refractivity contribution in [2.24, 2.45) is 0 Å². The van der Waals surface area contributed by atoms with E-state index in [-0.39, 0.29) is 6.10 Å². The van der Waals surface area contributed by atoms with Gasteiger partial charge < -0.3 is 15.3 Å². The van der Waals surface area contributed by atoms with Crippen molar-refractivity contribution in [2.45, 2.75) is 38.8 Å². The lowest BCUT2D eigenvalue weighted by Gasteiger charge is -2.32. The molecule has 0 saturated carbocycles. The fraction of sp³-hybridized carbons (Fsp3) is 0.600. The van der Waals surface area contributed by atoms with Gasteiger partial charge in [-0.25, -0.2) is 0 Å². The van der Waals surface area contributed by atoms with Crippen LogP contribution < -0.4 is 10.2 Å². The van der Waals surface area contributed by atoms with Crippen LogP contribution in [0.3, 0.4) is 0 Å². The number of aliphatic hydroxyl groups is 1. The number of hydrogen-bond donors (Lipinski definition) is 2. The highest BCUT2D eigenvalue weighted by Crippen LogP contribution is 2.26. The van der Waals surface area contributed by atoms with Gasteiger partial charge in [0.05, 0.1) is 6.10 Å². The van der Waals surface area contributed by atoms with E-state index in [0.29, 0.717) is 0 Å². The van der Waals surface area contributed by atoms with Crippen LogP contribution in [-0.4, -0.2) is 30.8 Å². The van der Waals surface area contributed by atoms with E-state index in [2.05, 4.69) is 51.3 Å². The molecule has 2 N–H and O–H groups in total. The van der Waals surface area contributed by atoms with Crippen LogP contribution in [0.1, 0.15) is 31.7 Å². The molecule has 1 heterocycles. The van der Waals surface area contributed by atoms with Gasteiger partial charge >= 0.3 is 0 Å². The molecule has 1 aromatic carbocycles. The number of rotatable bonds is 5. The van der Waals surface area contributed by atoms with Crippen LogP contribution in [0.5, 0.6) is 0 Å². The van der Waals surface area contributed by atoms with Crippen molar-refractivity contribution in [1.29, 1.82) is 0 Å². The molecule has 2 rings (SSSR count). The summed E-state index contributed by atoms with van der Waals surface area (Å²) in [5, 5.41) is 13.2. The Bertz CT molecular complexity index is 411. The lowest BCUT2D eigenvalue weighted by atomic mass is 10.1. The third-order valence-corrected chi connectivity index (χ3v) is 4.28. The summed E-state index contributed by atoms with van der Waals surface area (Å²) in [6, 6.07) is 6.50. The van der Waals surface area contributed by atoms with Crippen LogP contribution in [-0.2, 0) is 6.54 Å². The molecule has 0 spiro atoms. The molecule has 1 fully saturated rings. The van der Waals surface area contributed by atoms with Crippen LogP contribution in [0.4, 0.5) is 5.69 Å². The number of piperidine rings is 1. The van der Waals surface area contributed by atoms with Crippen molar-refractivity contribution >= 4 is 21.6 Å². The van der Waals surface area contributed by atoms with Gasteiger partial charge in [0, 0.05) is 29.8 Å². The molecule has 0 aromatic heterocycles. The highest BCUT2D eigenvalue weighted by molar-refractivity contribution is 9.10. The van der Waals surface area contributed by atoms with Gasteiger partial charge in [-0.2, -0.15) is 0 Å². The minimum Gasteiger partial charge on any atom is -0.391 e. The first-order valence-corrected chi connectivity index (χ1v) is 7.92. The first kappa shape index (κ1) is 14.8. The number of aliphatic hydroxyl groups excluding tert-OH is 1. The van der Waals surface area contributed by atoms with Gasteiger partial charge in [0.1, 0.15) is 0 Å². The molecule has 1 unspecified atom stereocenters. The number of anilines is 1. The quantitative estimate of drug-likeness (QED) is 0.817. The van der Waals surface area contributed by atoms with E-state index < -0.39 is 0 Å². The molecule has 1 aliphatic heterocycles. The Labute approximate surface area is 124 Å². The molecule has 1 aromatic rings. The van der Waals surface area contributed by atoms with E-state index in [4.69, 9.17) is 0 Å². The minimum absolute atomic E-state index is 0.182. The predicted molar refractivity (Wildman–Crippen MR) is 83.6 cm³/mol. The first-order valence-electron chi connectivity index (χ1n) is 7.13. The van der Waals surface area contributed by atoms with E-state index in [1.165, 1.54) is 11.3 Å². The Kier molecular flexibility index (Phi) is 5.67. The summed E-state index contributed by atoms with van der Waals surface area (Å²) < 4.78 is 1.15. The molecule has 1 atom stereocenters. The fourth-order valence-electron chi connectivity index (χ4n) is 2.47. The number of halogens is 1. The summed E-state index contributed by atoms with van der Waals surface area (Å²) in [5.41, 5.74) is 2.49. The highest BCUT2D eigenvalue weighted by atomic mass is 79.9. The third kappa shape index (κ3) is 4.20. The van der Waals surface area contributed by atoms with E-state index in [9.17, 15) is 5.11 Å². The Hall–Kier alpha value is -0.580. The average Bonchev–Trinajstić information content (AvgIpc) is 2.41. The van der Waals surface area contributed by atoms with Crippen molar-refractivity contribution in [3.05, 3.63) is 28.2 Å². The van der Waals surface area contributed by atoms with Gasteiger partial charge in [0.2, 0.25) is 0 Å². The molecule has 4 heteroatoms. The molecule has 0 bridgehead atoms. The monoisotopic (exact) mass is 326 g/mol. The molecule has 1 aliphatic rings. The second-order valence-electron chi connectivity index (χ2n) is 5.19. The van der Waals surface area contributed by atoms with Gasteiger partial charge in [0.15, 0.2) is 0 Å². The van der Waals surface area contributed by atoms with Gasteiger partial charge in [-0.05, 0) is 43.5 Å². The molecule has 3 nitrogen and oxygen atoms in total.